The number of amides is 1. The minimum atomic E-state index is -0.464. The summed E-state index contributed by atoms with van der Waals surface area (Å²) in [6, 6.07) is 24.7. The first kappa shape index (κ1) is 25.5. The standard InChI is InChI=1S/C31H34N2O3/c1-21-12-11-17-25(22(21)2)29-26(30(35)23-13-7-5-8-14-23)18-33(20-28(34)32(3)4)19-27(29)31(36)24-15-9-6-10-16-24/h5-17,26-27,29H,18-20H2,1-4H3/t26-,27-/m0/s1. The minimum Gasteiger partial charge on any atom is -0.348 e. The molecule has 2 atom stereocenters. The number of carbonyl (C=O) groups excluding carboxylic acids is 3. The van der Waals surface area contributed by atoms with Crippen molar-refractivity contribution >= 4 is 17.5 Å². The molecule has 186 valence electrons. The molecule has 3 aromatic rings. The second-order valence-electron chi connectivity index (χ2n) is 9.97. The summed E-state index contributed by atoms with van der Waals surface area (Å²) in [4.78, 5) is 44.2. The zero-order valence-corrected chi connectivity index (χ0v) is 21.5. The lowest BCUT2D eigenvalue weighted by Gasteiger charge is -2.43. The second-order valence-corrected chi connectivity index (χ2v) is 9.97. The van der Waals surface area contributed by atoms with Crippen LogP contribution >= 0.6 is 0 Å². The molecule has 36 heavy (non-hydrogen) atoms. The van der Waals surface area contributed by atoms with E-state index in [2.05, 4.69) is 26.0 Å². The van der Waals surface area contributed by atoms with Gasteiger partial charge in [0.1, 0.15) is 0 Å². The highest BCUT2D eigenvalue weighted by Crippen LogP contribution is 2.42. The van der Waals surface area contributed by atoms with Gasteiger partial charge in [-0.05, 0) is 30.5 Å². The molecular formula is C31H34N2O3. The monoisotopic (exact) mass is 482 g/mol. The van der Waals surface area contributed by atoms with Gasteiger partial charge in [0.15, 0.2) is 11.6 Å². The van der Waals surface area contributed by atoms with Crippen molar-refractivity contribution in [3.8, 4) is 0 Å². The van der Waals surface area contributed by atoms with E-state index in [0.29, 0.717) is 24.2 Å². The summed E-state index contributed by atoms with van der Waals surface area (Å²) in [7, 11) is 3.45. The number of hydrogen-bond acceptors (Lipinski definition) is 4. The lowest BCUT2D eigenvalue weighted by Crippen LogP contribution is -2.52. The fourth-order valence-corrected chi connectivity index (χ4v) is 5.29. The minimum absolute atomic E-state index is 0.00868. The van der Waals surface area contributed by atoms with E-state index in [1.807, 2.05) is 71.6 Å². The number of aryl methyl sites for hydroxylation is 1. The van der Waals surface area contributed by atoms with E-state index >= 15 is 0 Å². The molecule has 1 aliphatic rings. The van der Waals surface area contributed by atoms with Crippen molar-refractivity contribution < 1.29 is 14.4 Å². The third kappa shape index (κ3) is 5.31. The number of rotatable bonds is 7. The van der Waals surface area contributed by atoms with E-state index in [9.17, 15) is 14.4 Å². The second kappa shape index (κ2) is 11.0. The number of Topliss-reactive ketones (excluding diaryl/α,β-unsaturated/α-hetero) is 2. The first-order valence-electron chi connectivity index (χ1n) is 12.4. The quantitative estimate of drug-likeness (QED) is 0.455. The van der Waals surface area contributed by atoms with Crippen LogP contribution in [0, 0.1) is 25.7 Å². The Kier molecular flexibility index (Phi) is 7.80. The number of hydrogen-bond donors (Lipinski definition) is 0. The summed E-state index contributed by atoms with van der Waals surface area (Å²) >= 11 is 0. The van der Waals surface area contributed by atoms with Crippen LogP contribution in [-0.2, 0) is 4.79 Å². The summed E-state index contributed by atoms with van der Waals surface area (Å²) in [5.74, 6) is -1.25. The topological polar surface area (TPSA) is 57.7 Å². The van der Waals surface area contributed by atoms with Crippen molar-refractivity contribution in [3.05, 3.63) is 107 Å². The highest BCUT2D eigenvalue weighted by molar-refractivity contribution is 6.02. The van der Waals surface area contributed by atoms with Crippen LogP contribution < -0.4 is 0 Å². The largest absolute Gasteiger partial charge is 0.348 e. The van der Waals surface area contributed by atoms with Crippen LogP contribution in [0.1, 0.15) is 43.3 Å². The molecule has 1 aliphatic heterocycles. The number of carbonyl (C=O) groups is 3. The first-order valence-corrected chi connectivity index (χ1v) is 12.4. The molecule has 0 radical (unpaired) electrons. The maximum absolute atomic E-state index is 14.0. The Morgan fingerprint density at radius 3 is 1.72 bits per heavy atom. The molecule has 0 aromatic heterocycles. The third-order valence-electron chi connectivity index (χ3n) is 7.43. The van der Waals surface area contributed by atoms with Crippen LogP contribution in [0.3, 0.4) is 0 Å². The lowest BCUT2D eigenvalue weighted by atomic mass is 9.67. The molecule has 4 rings (SSSR count). The molecule has 1 saturated heterocycles. The number of piperidine rings is 1. The zero-order chi connectivity index (χ0) is 25.8. The number of likely N-dealkylation sites (tertiary alicyclic amines) is 1. The molecule has 0 bridgehead atoms. The van der Waals surface area contributed by atoms with Crippen molar-refractivity contribution in [1.82, 2.24) is 9.80 Å². The van der Waals surface area contributed by atoms with Gasteiger partial charge in [-0.15, -0.1) is 0 Å². The number of benzene rings is 3. The highest BCUT2D eigenvalue weighted by atomic mass is 16.2. The molecule has 5 heteroatoms. The molecule has 1 heterocycles. The number of ketones is 2. The Bertz CT molecular complexity index is 1180. The lowest BCUT2D eigenvalue weighted by molar-refractivity contribution is -0.130. The third-order valence-corrected chi connectivity index (χ3v) is 7.43. The molecule has 0 spiro atoms. The average molecular weight is 483 g/mol. The number of likely N-dealkylation sites (N-methyl/N-ethyl adjacent to an activating group) is 1. The van der Waals surface area contributed by atoms with Gasteiger partial charge in [-0.2, -0.15) is 0 Å². The molecule has 1 amide bonds. The van der Waals surface area contributed by atoms with Crippen LogP contribution in [0.2, 0.25) is 0 Å². The first-order chi connectivity index (χ1) is 17.3. The van der Waals surface area contributed by atoms with Gasteiger partial charge in [-0.25, -0.2) is 0 Å². The maximum Gasteiger partial charge on any atom is 0.236 e. The van der Waals surface area contributed by atoms with Crippen molar-refractivity contribution in [1.29, 1.82) is 0 Å². The van der Waals surface area contributed by atoms with Gasteiger partial charge in [0.25, 0.3) is 0 Å². The van der Waals surface area contributed by atoms with E-state index in [4.69, 9.17) is 0 Å². The van der Waals surface area contributed by atoms with Crippen molar-refractivity contribution in [2.24, 2.45) is 11.8 Å². The Labute approximate surface area is 213 Å². The van der Waals surface area contributed by atoms with E-state index in [1.54, 1.807) is 19.0 Å². The highest BCUT2D eigenvalue weighted by Gasteiger charge is 2.45. The fourth-order valence-electron chi connectivity index (χ4n) is 5.29. The van der Waals surface area contributed by atoms with Gasteiger partial charge >= 0.3 is 0 Å². The Hall–Kier alpha value is -3.57. The van der Waals surface area contributed by atoms with Gasteiger partial charge in [0.2, 0.25) is 5.91 Å². The molecular weight excluding hydrogens is 448 g/mol. The van der Waals surface area contributed by atoms with Gasteiger partial charge in [-0.3, -0.25) is 19.3 Å². The van der Waals surface area contributed by atoms with Gasteiger partial charge in [0.05, 0.1) is 6.54 Å². The van der Waals surface area contributed by atoms with Crippen LogP contribution in [0.4, 0.5) is 0 Å². The Morgan fingerprint density at radius 2 is 1.25 bits per heavy atom. The van der Waals surface area contributed by atoms with Gasteiger partial charge in [0, 0.05) is 56.1 Å². The van der Waals surface area contributed by atoms with Gasteiger partial charge < -0.3 is 4.90 Å². The van der Waals surface area contributed by atoms with E-state index in [1.165, 1.54) is 0 Å². The molecule has 0 N–H and O–H groups in total. The summed E-state index contributed by atoms with van der Waals surface area (Å²) in [5, 5.41) is 0. The normalized spacial score (nSPS) is 18.6. The summed E-state index contributed by atoms with van der Waals surface area (Å²) in [6.07, 6.45) is 0. The van der Waals surface area contributed by atoms with Crippen molar-refractivity contribution in [2.45, 2.75) is 19.8 Å². The molecule has 3 aromatic carbocycles. The zero-order valence-electron chi connectivity index (χ0n) is 21.5. The van der Waals surface area contributed by atoms with E-state index in [0.717, 1.165) is 16.7 Å². The fraction of sp³-hybridized carbons (Fsp3) is 0.323. The average Bonchev–Trinajstić information content (AvgIpc) is 2.90. The summed E-state index contributed by atoms with van der Waals surface area (Å²) < 4.78 is 0. The van der Waals surface area contributed by atoms with Crippen LogP contribution in [-0.4, -0.2) is 61.0 Å². The molecule has 5 nitrogen and oxygen atoms in total. The van der Waals surface area contributed by atoms with E-state index < -0.39 is 11.8 Å². The predicted octanol–water partition coefficient (Wildman–Crippen LogP) is 4.79. The smallest absolute Gasteiger partial charge is 0.236 e. The maximum atomic E-state index is 14.0. The summed E-state index contributed by atoms with van der Waals surface area (Å²) in [6.45, 7) is 5.14. The van der Waals surface area contributed by atoms with Crippen LogP contribution in [0.15, 0.2) is 78.9 Å². The SMILES string of the molecule is Cc1cccc(C2[C@@H](C(=O)c3ccccc3)CN(CC(=O)N(C)C)C[C@@H]2C(=O)c2ccccc2)c1C. The Morgan fingerprint density at radius 1 is 0.750 bits per heavy atom. The Balaban J connectivity index is 1.85. The van der Waals surface area contributed by atoms with Crippen LogP contribution in [0.5, 0.6) is 0 Å². The molecule has 1 fully saturated rings. The summed E-state index contributed by atoms with van der Waals surface area (Å²) in [5.41, 5.74) is 4.54. The predicted molar refractivity (Wildman–Crippen MR) is 142 cm³/mol. The molecule has 0 saturated carbocycles. The molecule has 0 aliphatic carbocycles. The number of nitrogens with zero attached hydrogens (tertiary/aromatic N) is 2. The van der Waals surface area contributed by atoms with Crippen molar-refractivity contribution in [2.75, 3.05) is 33.7 Å². The van der Waals surface area contributed by atoms with E-state index in [-0.39, 0.29) is 29.9 Å². The van der Waals surface area contributed by atoms with Gasteiger partial charge in [-0.1, -0.05) is 78.9 Å². The van der Waals surface area contributed by atoms with Crippen LogP contribution in [0.25, 0.3) is 0 Å². The molecule has 0 unspecified atom stereocenters. The van der Waals surface area contributed by atoms with Crippen molar-refractivity contribution in [3.63, 3.8) is 0 Å².